The molecule has 1 aliphatic rings. The van der Waals surface area contributed by atoms with Gasteiger partial charge in [0.1, 0.15) is 5.37 Å². The Kier molecular flexibility index (Phi) is 4.95. The number of hydrogen-bond donors (Lipinski definition) is 1. The molecule has 1 atom stereocenters. The van der Waals surface area contributed by atoms with Crippen LogP contribution in [0.25, 0.3) is 0 Å². The molecule has 1 N–H and O–H groups in total. The van der Waals surface area contributed by atoms with E-state index in [4.69, 9.17) is 0 Å². The van der Waals surface area contributed by atoms with Gasteiger partial charge in [-0.1, -0.05) is 12.1 Å². The van der Waals surface area contributed by atoms with Gasteiger partial charge < -0.3 is 5.32 Å². The number of nitrogens with zero attached hydrogens (tertiary/aromatic N) is 1. The van der Waals surface area contributed by atoms with Crippen LogP contribution in [0.4, 0.5) is 24.5 Å². The third-order valence-corrected chi connectivity index (χ3v) is 5.07. The van der Waals surface area contributed by atoms with Gasteiger partial charge in [-0.25, -0.2) is 0 Å². The second kappa shape index (κ2) is 7.03. The van der Waals surface area contributed by atoms with Gasteiger partial charge >= 0.3 is 6.18 Å². The Morgan fingerprint density at radius 3 is 2.27 bits per heavy atom. The lowest BCUT2D eigenvalue weighted by Crippen LogP contribution is -2.27. The molecule has 0 saturated carbocycles. The maximum Gasteiger partial charge on any atom is 0.416 e. The summed E-state index contributed by atoms with van der Waals surface area (Å²) in [5.74, 6) is -0.0979. The van der Waals surface area contributed by atoms with Crippen molar-refractivity contribution in [3.8, 4) is 0 Å². The van der Waals surface area contributed by atoms with E-state index in [9.17, 15) is 22.8 Å². The minimum absolute atomic E-state index is 0.161. The van der Waals surface area contributed by atoms with Crippen molar-refractivity contribution in [1.29, 1.82) is 0 Å². The highest BCUT2D eigenvalue weighted by Gasteiger charge is 2.35. The predicted octanol–water partition coefficient (Wildman–Crippen LogP) is 4.44. The van der Waals surface area contributed by atoms with Crippen molar-refractivity contribution in [3.63, 3.8) is 0 Å². The van der Waals surface area contributed by atoms with Gasteiger partial charge in [0.05, 0.1) is 11.3 Å². The first-order chi connectivity index (χ1) is 12.3. The molecule has 3 rings (SSSR count). The van der Waals surface area contributed by atoms with Crippen LogP contribution >= 0.6 is 11.8 Å². The van der Waals surface area contributed by atoms with Crippen LogP contribution < -0.4 is 10.2 Å². The van der Waals surface area contributed by atoms with Gasteiger partial charge in [-0.2, -0.15) is 13.2 Å². The van der Waals surface area contributed by atoms with Crippen molar-refractivity contribution in [2.45, 2.75) is 18.5 Å². The van der Waals surface area contributed by atoms with Crippen LogP contribution in [0, 0.1) is 0 Å². The van der Waals surface area contributed by atoms with Crippen molar-refractivity contribution >= 4 is 35.0 Å². The highest BCUT2D eigenvalue weighted by molar-refractivity contribution is 8.00. The first kappa shape index (κ1) is 18.3. The predicted molar refractivity (Wildman–Crippen MR) is 94.9 cm³/mol. The lowest BCUT2D eigenvalue weighted by atomic mass is 10.1. The summed E-state index contributed by atoms with van der Waals surface area (Å²) in [6, 6.07) is 11.6. The molecular weight excluding hydrogens is 365 g/mol. The van der Waals surface area contributed by atoms with Gasteiger partial charge in [-0.15, -0.1) is 11.8 Å². The maximum absolute atomic E-state index is 12.7. The van der Waals surface area contributed by atoms with E-state index < -0.39 is 11.7 Å². The number of thioether (sulfide) groups is 1. The van der Waals surface area contributed by atoms with Crippen LogP contribution in [0.2, 0.25) is 0 Å². The average Bonchev–Trinajstić information content (AvgIpc) is 2.96. The number of nitrogens with one attached hydrogen (secondary N) is 1. The first-order valence-corrected chi connectivity index (χ1v) is 8.79. The van der Waals surface area contributed by atoms with E-state index in [2.05, 4.69) is 5.32 Å². The van der Waals surface area contributed by atoms with Crippen LogP contribution in [0.1, 0.15) is 23.4 Å². The number of carbonyl (C=O) groups excluding carboxylic acids is 2. The Bertz CT molecular complexity index is 820. The molecule has 136 valence electrons. The minimum Gasteiger partial charge on any atom is -0.326 e. The van der Waals surface area contributed by atoms with Crippen molar-refractivity contribution in [2.75, 3.05) is 16.0 Å². The monoisotopic (exact) mass is 380 g/mol. The smallest absolute Gasteiger partial charge is 0.326 e. The van der Waals surface area contributed by atoms with Gasteiger partial charge in [-0.05, 0) is 42.0 Å². The summed E-state index contributed by atoms with van der Waals surface area (Å²) in [5, 5.41) is 2.33. The third-order valence-electron chi connectivity index (χ3n) is 3.86. The molecule has 2 amide bonds. The molecule has 8 heteroatoms. The molecule has 1 aliphatic heterocycles. The van der Waals surface area contributed by atoms with E-state index in [1.807, 2.05) is 0 Å². The fraction of sp³-hybridized carbons (Fsp3) is 0.222. The summed E-state index contributed by atoms with van der Waals surface area (Å²) >= 11 is 1.40. The molecule has 4 nitrogen and oxygen atoms in total. The van der Waals surface area contributed by atoms with Crippen molar-refractivity contribution in [3.05, 3.63) is 59.7 Å². The zero-order chi connectivity index (χ0) is 18.9. The maximum atomic E-state index is 12.7. The zero-order valence-electron chi connectivity index (χ0n) is 13.7. The van der Waals surface area contributed by atoms with Gasteiger partial charge in [0.2, 0.25) is 11.8 Å². The normalized spacial score (nSPS) is 17.5. The quantitative estimate of drug-likeness (QED) is 0.856. The number of benzene rings is 2. The van der Waals surface area contributed by atoms with E-state index in [1.54, 1.807) is 24.3 Å². The Hall–Kier alpha value is -2.48. The number of carbonyl (C=O) groups is 2. The largest absolute Gasteiger partial charge is 0.416 e. The molecule has 2 aromatic rings. The van der Waals surface area contributed by atoms with Crippen LogP contribution in [0.15, 0.2) is 48.5 Å². The van der Waals surface area contributed by atoms with E-state index >= 15 is 0 Å². The standard InChI is InChI=1S/C18H15F3N2O2S/c1-11(24)22-14-6-2-12(3-7-14)17-23(16(25)10-26-17)15-8-4-13(5-9-15)18(19,20)21/h2-9,17H,10H2,1H3,(H,22,24)/t17-/m0/s1. The first-order valence-electron chi connectivity index (χ1n) is 7.74. The summed E-state index contributed by atoms with van der Waals surface area (Å²) in [6.45, 7) is 1.41. The number of rotatable bonds is 3. The highest BCUT2D eigenvalue weighted by atomic mass is 32.2. The van der Waals surface area contributed by atoms with Crippen molar-refractivity contribution < 1.29 is 22.8 Å². The molecule has 0 unspecified atom stereocenters. The van der Waals surface area contributed by atoms with E-state index in [0.29, 0.717) is 11.4 Å². The van der Waals surface area contributed by atoms with Crippen LogP contribution in [0.3, 0.4) is 0 Å². The summed E-state index contributed by atoms with van der Waals surface area (Å²) in [7, 11) is 0. The summed E-state index contributed by atoms with van der Waals surface area (Å²) < 4.78 is 38.2. The zero-order valence-corrected chi connectivity index (χ0v) is 14.5. The number of amides is 2. The summed E-state index contributed by atoms with van der Waals surface area (Å²) in [5.41, 5.74) is 1.13. The van der Waals surface area contributed by atoms with Crippen molar-refractivity contribution in [1.82, 2.24) is 0 Å². The average molecular weight is 380 g/mol. The molecule has 0 spiro atoms. The number of hydrogen-bond acceptors (Lipinski definition) is 3. The summed E-state index contributed by atoms with van der Waals surface area (Å²) in [4.78, 5) is 24.9. The Balaban J connectivity index is 1.86. The molecule has 0 radical (unpaired) electrons. The molecule has 26 heavy (non-hydrogen) atoms. The second-order valence-corrected chi connectivity index (χ2v) is 6.84. The lowest BCUT2D eigenvalue weighted by molar-refractivity contribution is -0.137. The van der Waals surface area contributed by atoms with Gasteiger partial charge in [0.25, 0.3) is 0 Å². The number of halogens is 3. The number of alkyl halides is 3. The van der Waals surface area contributed by atoms with Gasteiger partial charge in [0.15, 0.2) is 0 Å². The Morgan fingerprint density at radius 2 is 1.73 bits per heavy atom. The topological polar surface area (TPSA) is 49.4 Å². The second-order valence-electron chi connectivity index (χ2n) is 5.77. The third kappa shape index (κ3) is 3.85. The molecule has 1 heterocycles. The van der Waals surface area contributed by atoms with Crippen LogP contribution in [-0.4, -0.2) is 17.6 Å². The van der Waals surface area contributed by atoms with E-state index in [0.717, 1.165) is 17.7 Å². The molecule has 1 fully saturated rings. The Morgan fingerprint density at radius 1 is 1.12 bits per heavy atom. The minimum atomic E-state index is -4.42. The van der Waals surface area contributed by atoms with Gasteiger partial charge in [-0.3, -0.25) is 14.5 Å². The fourth-order valence-electron chi connectivity index (χ4n) is 2.70. The molecule has 0 aliphatic carbocycles. The van der Waals surface area contributed by atoms with Crippen molar-refractivity contribution in [2.24, 2.45) is 0 Å². The summed E-state index contributed by atoms with van der Waals surface area (Å²) in [6.07, 6.45) is -4.42. The SMILES string of the molecule is CC(=O)Nc1ccc([C@@H]2SCC(=O)N2c2ccc(C(F)(F)F)cc2)cc1. The molecule has 0 bridgehead atoms. The van der Waals surface area contributed by atoms with Gasteiger partial charge in [0, 0.05) is 18.3 Å². The molecule has 2 aromatic carbocycles. The highest BCUT2D eigenvalue weighted by Crippen LogP contribution is 2.42. The van der Waals surface area contributed by atoms with E-state index in [1.165, 1.54) is 35.7 Å². The molecule has 1 saturated heterocycles. The molecule has 0 aromatic heterocycles. The molecular formula is C18H15F3N2O2S. The van der Waals surface area contributed by atoms with E-state index in [-0.39, 0.29) is 22.9 Å². The fourth-order valence-corrected chi connectivity index (χ4v) is 3.87. The number of anilines is 2. The van der Waals surface area contributed by atoms with Crippen LogP contribution in [-0.2, 0) is 15.8 Å². The van der Waals surface area contributed by atoms with Crippen LogP contribution in [0.5, 0.6) is 0 Å². The lowest BCUT2D eigenvalue weighted by Gasteiger charge is -2.25. The Labute approximate surface area is 152 Å².